The average molecular weight is 486 g/mol. The summed E-state index contributed by atoms with van der Waals surface area (Å²) in [5.74, 6) is -2.74. The first kappa shape index (κ1) is 25.7. The number of amides is 2. The minimum atomic E-state index is -1.08. The Morgan fingerprint density at radius 2 is 1.89 bits per heavy atom. The number of hydrogen-bond donors (Lipinski definition) is 5. The topological polar surface area (TPSA) is 172 Å². The number of nitrogens with zero attached hydrogens (tertiary/aromatic N) is 1. The van der Waals surface area contributed by atoms with E-state index in [1.54, 1.807) is 51.2 Å². The van der Waals surface area contributed by atoms with Gasteiger partial charge in [0.15, 0.2) is 5.96 Å². The van der Waals surface area contributed by atoms with E-state index < -0.39 is 35.4 Å². The maximum absolute atomic E-state index is 12.7. The number of esters is 1. The molecule has 0 saturated carbocycles. The Morgan fingerprint density at radius 1 is 1.20 bits per heavy atom. The van der Waals surface area contributed by atoms with Crippen molar-refractivity contribution >= 4 is 29.7 Å². The van der Waals surface area contributed by atoms with E-state index in [1.807, 2.05) is 0 Å². The van der Waals surface area contributed by atoms with E-state index in [-0.39, 0.29) is 30.9 Å². The second-order valence-electron chi connectivity index (χ2n) is 9.50. The Bertz CT molecular complexity index is 1060. The summed E-state index contributed by atoms with van der Waals surface area (Å²) < 4.78 is 5.32. The molecule has 0 radical (unpaired) electrons. The average Bonchev–Trinajstić information content (AvgIpc) is 3.17. The van der Waals surface area contributed by atoms with Gasteiger partial charge in [0.25, 0.3) is 5.91 Å². The first-order chi connectivity index (χ1) is 16.4. The standard InChI is InChI=1S/C24H31N5O6/c1-24(2,3)35-22(34)16(10-11-17(30)31)27-20(32)14-7-4-13(5-8-14)6-9-15-12-26-19-18(15)21(33)29-23(25)28-19/h4-5,7-8,12,16,18-19,26H,6,9-11H2,1-3H3,(H,27,32)(H,30,31)(H3,25,28,29,33)/t16-,18?,19?/m0/s1. The molecule has 0 bridgehead atoms. The Labute approximate surface area is 203 Å². The molecule has 1 aromatic carbocycles. The van der Waals surface area contributed by atoms with Gasteiger partial charge in [-0.2, -0.15) is 0 Å². The largest absolute Gasteiger partial charge is 0.481 e. The molecule has 0 fully saturated rings. The fourth-order valence-electron chi connectivity index (χ4n) is 3.86. The minimum Gasteiger partial charge on any atom is -0.481 e. The number of guanidine groups is 1. The number of carboxylic acids is 1. The van der Waals surface area contributed by atoms with Crippen LogP contribution in [0.2, 0.25) is 0 Å². The number of carbonyl (C=O) groups is 4. The lowest BCUT2D eigenvalue weighted by Gasteiger charge is -2.24. The SMILES string of the molecule is CC(C)(C)OC(=O)[C@H](CCC(=O)O)NC(=O)c1ccc(CCC2=CNC3N=C(N)NC(=O)C23)cc1. The fourth-order valence-corrected chi connectivity index (χ4v) is 3.86. The summed E-state index contributed by atoms with van der Waals surface area (Å²) in [4.78, 5) is 52.6. The Kier molecular flexibility index (Phi) is 7.78. The number of carboxylic acid groups (broad SMARTS) is 1. The first-order valence-electron chi connectivity index (χ1n) is 11.4. The number of carbonyl (C=O) groups excluding carboxylic acids is 3. The molecular formula is C24H31N5O6. The highest BCUT2D eigenvalue weighted by Crippen LogP contribution is 2.28. The van der Waals surface area contributed by atoms with Crippen molar-refractivity contribution in [2.45, 2.75) is 64.3 Å². The quantitative estimate of drug-likeness (QED) is 0.319. The summed E-state index contributed by atoms with van der Waals surface area (Å²) in [5, 5.41) is 17.2. The molecule has 2 heterocycles. The number of aryl methyl sites for hydroxylation is 1. The van der Waals surface area contributed by atoms with Crippen LogP contribution in [0.4, 0.5) is 0 Å². The van der Waals surface area contributed by atoms with Gasteiger partial charge in [-0.25, -0.2) is 9.79 Å². The fraction of sp³-hybridized carbons (Fsp3) is 0.458. The van der Waals surface area contributed by atoms with Gasteiger partial charge < -0.3 is 26.2 Å². The van der Waals surface area contributed by atoms with Crippen molar-refractivity contribution in [3.05, 3.63) is 47.2 Å². The summed E-state index contributed by atoms with van der Waals surface area (Å²) in [6.45, 7) is 5.09. The molecule has 0 saturated heterocycles. The lowest BCUT2D eigenvalue weighted by Crippen LogP contribution is -2.50. The summed E-state index contributed by atoms with van der Waals surface area (Å²) in [5.41, 5.74) is 7.04. The molecule has 2 unspecified atom stereocenters. The summed E-state index contributed by atoms with van der Waals surface area (Å²) in [7, 11) is 0. The number of hydrogen-bond acceptors (Lipinski definition) is 8. The van der Waals surface area contributed by atoms with E-state index in [0.717, 1.165) is 11.1 Å². The van der Waals surface area contributed by atoms with Gasteiger partial charge in [-0.15, -0.1) is 0 Å². The second kappa shape index (κ2) is 10.6. The molecule has 0 spiro atoms. The number of nitrogens with one attached hydrogen (secondary N) is 3. The van der Waals surface area contributed by atoms with Crippen LogP contribution in [0.1, 0.15) is 56.0 Å². The highest BCUT2D eigenvalue weighted by molar-refractivity contribution is 6.01. The van der Waals surface area contributed by atoms with Gasteiger partial charge in [0.1, 0.15) is 23.7 Å². The predicted octanol–water partition coefficient (Wildman–Crippen LogP) is 0.798. The summed E-state index contributed by atoms with van der Waals surface area (Å²) >= 11 is 0. The van der Waals surface area contributed by atoms with Crippen molar-refractivity contribution < 1.29 is 29.0 Å². The van der Waals surface area contributed by atoms with Gasteiger partial charge in [-0.3, -0.25) is 19.7 Å². The van der Waals surface area contributed by atoms with Gasteiger partial charge in [-0.05, 0) is 69.5 Å². The molecule has 11 nitrogen and oxygen atoms in total. The van der Waals surface area contributed by atoms with E-state index in [9.17, 15) is 19.2 Å². The highest BCUT2D eigenvalue weighted by atomic mass is 16.6. The van der Waals surface area contributed by atoms with Crippen molar-refractivity contribution in [2.75, 3.05) is 0 Å². The molecule has 2 aliphatic rings. The number of aliphatic carboxylic acids is 1. The Balaban J connectivity index is 1.59. The van der Waals surface area contributed by atoms with Crippen LogP contribution in [0, 0.1) is 5.92 Å². The van der Waals surface area contributed by atoms with Crippen molar-refractivity contribution in [1.82, 2.24) is 16.0 Å². The number of ether oxygens (including phenoxy) is 1. The molecule has 188 valence electrons. The number of fused-ring (bicyclic) bond motifs is 1. The normalized spacial score (nSPS) is 19.9. The van der Waals surface area contributed by atoms with E-state index >= 15 is 0 Å². The van der Waals surface area contributed by atoms with E-state index in [0.29, 0.717) is 18.4 Å². The molecule has 1 aromatic rings. The van der Waals surface area contributed by atoms with Crippen molar-refractivity contribution in [3.63, 3.8) is 0 Å². The summed E-state index contributed by atoms with van der Waals surface area (Å²) in [6.07, 6.45) is 2.31. The molecule has 6 N–H and O–H groups in total. The molecule has 11 heteroatoms. The molecule has 2 aliphatic heterocycles. The van der Waals surface area contributed by atoms with E-state index in [4.69, 9.17) is 15.6 Å². The number of benzene rings is 1. The van der Waals surface area contributed by atoms with Gasteiger partial charge in [0, 0.05) is 12.0 Å². The zero-order valence-corrected chi connectivity index (χ0v) is 20.0. The lowest BCUT2D eigenvalue weighted by atomic mass is 9.92. The molecule has 3 rings (SSSR count). The lowest BCUT2D eigenvalue weighted by molar-refractivity contribution is -0.157. The monoisotopic (exact) mass is 485 g/mol. The van der Waals surface area contributed by atoms with Crippen LogP contribution in [-0.2, 0) is 25.5 Å². The van der Waals surface area contributed by atoms with Crippen LogP contribution in [0.15, 0.2) is 41.0 Å². The van der Waals surface area contributed by atoms with Gasteiger partial charge in [-0.1, -0.05) is 12.1 Å². The number of rotatable bonds is 9. The first-order valence-corrected chi connectivity index (χ1v) is 11.4. The molecule has 0 aromatic heterocycles. The minimum absolute atomic E-state index is 0.0807. The maximum atomic E-state index is 12.7. The van der Waals surface area contributed by atoms with Crippen LogP contribution in [0.5, 0.6) is 0 Å². The van der Waals surface area contributed by atoms with Gasteiger partial charge in [0.2, 0.25) is 5.91 Å². The zero-order chi connectivity index (χ0) is 25.8. The molecule has 3 atom stereocenters. The van der Waals surface area contributed by atoms with Crippen LogP contribution < -0.4 is 21.7 Å². The molecule has 0 aliphatic carbocycles. The number of nitrogens with two attached hydrogens (primary N) is 1. The van der Waals surface area contributed by atoms with Crippen LogP contribution in [-0.4, -0.2) is 52.6 Å². The van der Waals surface area contributed by atoms with Crippen molar-refractivity contribution in [3.8, 4) is 0 Å². The maximum Gasteiger partial charge on any atom is 0.329 e. The predicted molar refractivity (Wildman–Crippen MR) is 127 cm³/mol. The van der Waals surface area contributed by atoms with Gasteiger partial charge >= 0.3 is 11.9 Å². The number of aliphatic imine (C=N–C) groups is 1. The van der Waals surface area contributed by atoms with E-state index in [2.05, 4.69) is 20.9 Å². The smallest absolute Gasteiger partial charge is 0.329 e. The van der Waals surface area contributed by atoms with Crippen LogP contribution in [0.25, 0.3) is 0 Å². The molecule has 35 heavy (non-hydrogen) atoms. The third kappa shape index (κ3) is 7.05. The third-order valence-corrected chi connectivity index (χ3v) is 5.53. The van der Waals surface area contributed by atoms with Crippen LogP contribution >= 0.6 is 0 Å². The highest BCUT2D eigenvalue weighted by Gasteiger charge is 2.38. The second-order valence-corrected chi connectivity index (χ2v) is 9.50. The summed E-state index contributed by atoms with van der Waals surface area (Å²) in [6, 6.07) is 5.79. The molecular weight excluding hydrogens is 454 g/mol. The van der Waals surface area contributed by atoms with E-state index in [1.165, 1.54) is 0 Å². The molecule has 2 amide bonds. The Hall–Kier alpha value is -3.89. The third-order valence-electron chi connectivity index (χ3n) is 5.53. The van der Waals surface area contributed by atoms with Crippen molar-refractivity contribution in [1.29, 1.82) is 0 Å². The Morgan fingerprint density at radius 3 is 2.51 bits per heavy atom. The van der Waals surface area contributed by atoms with Gasteiger partial charge in [0.05, 0.1) is 0 Å². The van der Waals surface area contributed by atoms with Crippen molar-refractivity contribution in [2.24, 2.45) is 16.6 Å². The zero-order valence-electron chi connectivity index (χ0n) is 20.0. The van der Waals surface area contributed by atoms with Crippen LogP contribution in [0.3, 0.4) is 0 Å².